The second kappa shape index (κ2) is 4.12. The van der Waals surface area contributed by atoms with Gasteiger partial charge in [-0.3, -0.25) is 4.79 Å². The normalized spacial score (nSPS) is 44.4. The van der Waals surface area contributed by atoms with Gasteiger partial charge in [-0.25, -0.2) is 0 Å². The van der Waals surface area contributed by atoms with Crippen LogP contribution in [0.4, 0.5) is 0 Å². The van der Waals surface area contributed by atoms with E-state index >= 15 is 0 Å². The van der Waals surface area contributed by atoms with Gasteiger partial charge in [0.05, 0.1) is 12.0 Å². The van der Waals surface area contributed by atoms with Crippen LogP contribution in [-0.2, 0) is 4.79 Å². The minimum Gasteiger partial charge on any atom is -0.299 e. The Morgan fingerprint density at radius 3 is 2.18 bits per heavy atom. The first-order valence-corrected chi connectivity index (χ1v) is 7.09. The molecule has 2 nitrogen and oxygen atoms in total. The Balaban J connectivity index is 1.72. The number of hydrogen-bond donors (Lipinski definition) is 0. The highest BCUT2D eigenvalue weighted by Crippen LogP contribution is 2.56. The van der Waals surface area contributed by atoms with Crippen molar-refractivity contribution in [2.24, 2.45) is 35.5 Å². The first-order valence-electron chi connectivity index (χ1n) is 7.09. The summed E-state index contributed by atoms with van der Waals surface area (Å²) < 4.78 is 0. The summed E-state index contributed by atoms with van der Waals surface area (Å²) in [6.45, 7) is 1.87. The van der Waals surface area contributed by atoms with Gasteiger partial charge in [-0.05, 0) is 62.7 Å². The molecule has 0 aromatic heterocycles. The predicted octanol–water partition coefficient (Wildman–Crippen LogP) is 3.18. The molecule has 92 valence electrons. The van der Waals surface area contributed by atoms with Gasteiger partial charge in [0.1, 0.15) is 5.78 Å². The van der Waals surface area contributed by atoms with E-state index in [1.165, 1.54) is 32.1 Å². The summed E-state index contributed by atoms with van der Waals surface area (Å²) in [7, 11) is 0. The topological polar surface area (TPSA) is 40.9 Å². The summed E-state index contributed by atoms with van der Waals surface area (Å²) in [5.74, 6) is 3.81. The summed E-state index contributed by atoms with van der Waals surface area (Å²) in [6, 6.07) is 2.20. The number of nitriles is 1. The third kappa shape index (κ3) is 1.90. The number of carbonyl (C=O) groups excluding carboxylic acids is 1. The van der Waals surface area contributed by atoms with Crippen LogP contribution in [-0.4, -0.2) is 5.78 Å². The first-order chi connectivity index (χ1) is 8.17. The molecule has 0 heterocycles. The Hall–Kier alpha value is -0.840. The second-order valence-corrected chi connectivity index (χ2v) is 6.66. The van der Waals surface area contributed by atoms with Gasteiger partial charge in [-0.2, -0.15) is 5.26 Å². The minimum atomic E-state index is -0.0975. The maximum absolute atomic E-state index is 12.4. The van der Waals surface area contributed by atoms with Crippen LogP contribution in [0, 0.1) is 46.8 Å². The van der Waals surface area contributed by atoms with Crippen molar-refractivity contribution in [1.29, 1.82) is 5.26 Å². The van der Waals surface area contributed by atoms with Crippen molar-refractivity contribution in [2.75, 3.05) is 0 Å². The summed E-state index contributed by atoms with van der Waals surface area (Å²) in [4.78, 5) is 12.4. The van der Waals surface area contributed by atoms with Crippen LogP contribution in [0.1, 0.15) is 45.4 Å². The van der Waals surface area contributed by atoms with Crippen molar-refractivity contribution in [3.63, 3.8) is 0 Å². The third-order valence-corrected chi connectivity index (χ3v) is 5.33. The van der Waals surface area contributed by atoms with Crippen LogP contribution in [0.3, 0.4) is 0 Å². The Kier molecular flexibility index (Phi) is 2.73. The lowest BCUT2D eigenvalue weighted by atomic mass is 9.51. The number of nitrogens with zero attached hydrogens (tertiary/aromatic N) is 1. The summed E-state index contributed by atoms with van der Waals surface area (Å²) in [5.41, 5.74) is 0. The van der Waals surface area contributed by atoms with Crippen molar-refractivity contribution in [3.05, 3.63) is 0 Å². The first kappa shape index (κ1) is 11.3. The summed E-state index contributed by atoms with van der Waals surface area (Å²) >= 11 is 0. The van der Waals surface area contributed by atoms with Gasteiger partial charge in [0.15, 0.2) is 0 Å². The molecule has 4 aliphatic rings. The van der Waals surface area contributed by atoms with Crippen molar-refractivity contribution in [1.82, 2.24) is 0 Å². The standard InChI is InChI=1S/C15H21NO/c1-9(8-16)2-14(17)15-12-4-10-3-11(6-12)7-13(15)5-10/h9-13,15H,2-7H2,1H3. The molecule has 0 amide bonds. The molecular formula is C15H21NO. The van der Waals surface area contributed by atoms with E-state index in [9.17, 15) is 4.79 Å². The Morgan fingerprint density at radius 1 is 1.18 bits per heavy atom. The molecule has 0 saturated heterocycles. The van der Waals surface area contributed by atoms with Crippen LogP contribution in [0.25, 0.3) is 0 Å². The molecule has 2 heteroatoms. The molecule has 4 aliphatic carbocycles. The molecule has 0 aromatic rings. The fourth-order valence-corrected chi connectivity index (χ4v) is 4.93. The Morgan fingerprint density at radius 2 is 1.71 bits per heavy atom. The number of carbonyl (C=O) groups is 1. The van der Waals surface area contributed by atoms with E-state index in [0.717, 1.165) is 11.8 Å². The van der Waals surface area contributed by atoms with Gasteiger partial charge in [0.25, 0.3) is 0 Å². The lowest BCUT2D eigenvalue weighted by Crippen LogP contribution is -2.48. The number of rotatable bonds is 3. The highest BCUT2D eigenvalue weighted by Gasteiger charge is 2.50. The molecule has 0 aromatic carbocycles. The number of Topliss-reactive ketones (excluding diaryl/α,β-unsaturated/α-hetero) is 1. The third-order valence-electron chi connectivity index (χ3n) is 5.33. The molecular weight excluding hydrogens is 210 g/mol. The maximum atomic E-state index is 12.4. The minimum absolute atomic E-state index is 0.0975. The van der Waals surface area contributed by atoms with E-state index in [2.05, 4.69) is 6.07 Å². The molecule has 0 aliphatic heterocycles. The Labute approximate surface area is 103 Å². The van der Waals surface area contributed by atoms with Gasteiger partial charge >= 0.3 is 0 Å². The van der Waals surface area contributed by atoms with Gasteiger partial charge in [-0.1, -0.05) is 0 Å². The molecule has 1 atom stereocenters. The molecule has 4 saturated carbocycles. The van der Waals surface area contributed by atoms with E-state index in [4.69, 9.17) is 5.26 Å². The predicted molar refractivity (Wildman–Crippen MR) is 64.9 cm³/mol. The number of hydrogen-bond acceptors (Lipinski definition) is 2. The average molecular weight is 231 g/mol. The van der Waals surface area contributed by atoms with Crippen LogP contribution in [0.15, 0.2) is 0 Å². The fraction of sp³-hybridized carbons (Fsp3) is 0.867. The SMILES string of the molecule is CC(C#N)CC(=O)C1C2CC3CC(C2)CC1C3. The summed E-state index contributed by atoms with van der Waals surface area (Å²) in [6.07, 6.45) is 7.11. The van der Waals surface area contributed by atoms with Gasteiger partial charge in [0, 0.05) is 12.3 Å². The quantitative estimate of drug-likeness (QED) is 0.748. The highest BCUT2D eigenvalue weighted by atomic mass is 16.1. The molecule has 1 unspecified atom stereocenters. The zero-order chi connectivity index (χ0) is 12.0. The van der Waals surface area contributed by atoms with Gasteiger partial charge in [0.2, 0.25) is 0 Å². The molecule has 4 bridgehead atoms. The monoisotopic (exact) mass is 231 g/mol. The lowest BCUT2D eigenvalue weighted by Gasteiger charge is -2.54. The van der Waals surface area contributed by atoms with Gasteiger partial charge < -0.3 is 0 Å². The van der Waals surface area contributed by atoms with Crippen molar-refractivity contribution in [3.8, 4) is 6.07 Å². The largest absolute Gasteiger partial charge is 0.299 e. The van der Waals surface area contributed by atoms with E-state index < -0.39 is 0 Å². The van der Waals surface area contributed by atoms with Crippen molar-refractivity contribution < 1.29 is 4.79 Å². The summed E-state index contributed by atoms with van der Waals surface area (Å²) in [5, 5.41) is 8.83. The van der Waals surface area contributed by atoms with Crippen molar-refractivity contribution in [2.45, 2.75) is 45.4 Å². The zero-order valence-corrected chi connectivity index (χ0v) is 10.6. The van der Waals surface area contributed by atoms with E-state index in [0.29, 0.717) is 30.0 Å². The zero-order valence-electron chi connectivity index (χ0n) is 10.6. The molecule has 0 N–H and O–H groups in total. The van der Waals surface area contributed by atoms with Crippen LogP contribution < -0.4 is 0 Å². The highest BCUT2D eigenvalue weighted by molar-refractivity contribution is 5.82. The lowest BCUT2D eigenvalue weighted by molar-refractivity contribution is -0.136. The van der Waals surface area contributed by atoms with Crippen molar-refractivity contribution >= 4 is 5.78 Å². The molecule has 17 heavy (non-hydrogen) atoms. The van der Waals surface area contributed by atoms with E-state index in [1.54, 1.807) is 0 Å². The maximum Gasteiger partial charge on any atom is 0.137 e. The van der Waals surface area contributed by atoms with Crippen LogP contribution in [0.5, 0.6) is 0 Å². The number of ketones is 1. The fourth-order valence-electron chi connectivity index (χ4n) is 4.93. The van der Waals surface area contributed by atoms with E-state index in [-0.39, 0.29) is 5.92 Å². The smallest absolute Gasteiger partial charge is 0.137 e. The average Bonchev–Trinajstić information content (AvgIpc) is 2.27. The molecule has 4 rings (SSSR count). The van der Waals surface area contributed by atoms with Crippen LogP contribution in [0.2, 0.25) is 0 Å². The molecule has 0 radical (unpaired) electrons. The van der Waals surface area contributed by atoms with Gasteiger partial charge in [-0.15, -0.1) is 0 Å². The Bertz CT molecular complexity index is 340. The van der Waals surface area contributed by atoms with E-state index in [1.807, 2.05) is 6.92 Å². The molecule has 4 fully saturated rings. The van der Waals surface area contributed by atoms with Crippen LogP contribution >= 0.6 is 0 Å². The molecule has 0 spiro atoms. The second-order valence-electron chi connectivity index (χ2n) is 6.66.